The topological polar surface area (TPSA) is 76.3 Å². The molecule has 0 amide bonds. The van der Waals surface area contributed by atoms with Gasteiger partial charge in [0, 0.05) is 28.6 Å². The van der Waals surface area contributed by atoms with Crippen molar-refractivity contribution in [3.63, 3.8) is 0 Å². The molecule has 4 aromatic rings. The molecule has 6 nitrogen and oxygen atoms in total. The molecule has 9 heteroatoms. The summed E-state index contributed by atoms with van der Waals surface area (Å²) >= 11 is 0. The smallest absolute Gasteiger partial charge is 0.503 e. The zero-order valence-corrected chi connectivity index (χ0v) is 18.5. The molecule has 0 aliphatic heterocycles. The normalized spacial score (nSPS) is 11.2. The van der Waals surface area contributed by atoms with Crippen LogP contribution < -0.4 is 9.47 Å². The maximum Gasteiger partial charge on any atom is 0.796 e. The summed E-state index contributed by atoms with van der Waals surface area (Å²) < 4.78 is 41.7. The first-order valence-corrected chi connectivity index (χ1v) is 10.4. The van der Waals surface area contributed by atoms with Crippen LogP contribution in [0.3, 0.4) is 0 Å². The van der Waals surface area contributed by atoms with E-state index in [0.29, 0.717) is 22.9 Å². The number of ketones is 1. The van der Waals surface area contributed by atoms with Gasteiger partial charge in [0.15, 0.2) is 0 Å². The Morgan fingerprint density at radius 2 is 1.26 bits per heavy atom. The number of para-hydroxylation sites is 2. The van der Waals surface area contributed by atoms with E-state index < -0.39 is 13.3 Å². The Morgan fingerprint density at radius 1 is 0.765 bits per heavy atom. The lowest BCUT2D eigenvalue weighted by molar-refractivity contribution is 0.104. The average molecular weight is 462 g/mol. The van der Waals surface area contributed by atoms with Crippen LogP contribution >= 0.6 is 0 Å². The van der Waals surface area contributed by atoms with Gasteiger partial charge >= 0.3 is 7.47 Å². The number of hydrogen-bond acceptors (Lipinski definition) is 4. The van der Waals surface area contributed by atoms with Gasteiger partial charge in [0.2, 0.25) is 5.78 Å². The summed E-state index contributed by atoms with van der Waals surface area (Å²) in [5.74, 6) is 0.443. The second-order valence-corrected chi connectivity index (χ2v) is 7.22. The first kappa shape index (κ1) is 22.9. The van der Waals surface area contributed by atoms with Crippen LogP contribution in [0.5, 0.6) is 11.5 Å². The molecule has 2 aromatic carbocycles. The molecule has 0 bridgehead atoms. The molecule has 34 heavy (non-hydrogen) atoms. The Kier molecular flexibility index (Phi) is 6.82. The lowest BCUT2D eigenvalue weighted by Gasteiger charge is -2.08. The van der Waals surface area contributed by atoms with Gasteiger partial charge in [0.25, 0.3) is 0 Å². The Labute approximate surface area is 195 Å². The van der Waals surface area contributed by atoms with Gasteiger partial charge in [-0.3, -0.25) is 4.79 Å². The van der Waals surface area contributed by atoms with Crippen LogP contribution in [-0.2, 0) is 4.65 Å². The average Bonchev–Trinajstić information content (AvgIpc) is 3.54. The van der Waals surface area contributed by atoms with Crippen molar-refractivity contribution in [3.8, 4) is 34.0 Å². The second-order valence-electron chi connectivity index (χ2n) is 7.22. The minimum atomic E-state index is -3.11. The van der Waals surface area contributed by atoms with Gasteiger partial charge in [-0.15, -0.1) is 0 Å². The summed E-state index contributed by atoms with van der Waals surface area (Å²) in [4.78, 5) is 18.9. The largest absolute Gasteiger partial charge is 0.796 e. The number of carbonyl (C=O) groups is 1. The van der Waals surface area contributed by atoms with Crippen LogP contribution in [0.1, 0.15) is 16.2 Å². The third-order valence-corrected chi connectivity index (χ3v) is 5.18. The van der Waals surface area contributed by atoms with Crippen LogP contribution in [-0.4, -0.2) is 37.4 Å². The first-order valence-electron chi connectivity index (χ1n) is 10.4. The summed E-state index contributed by atoms with van der Waals surface area (Å²) in [6, 6.07) is 21.2. The van der Waals surface area contributed by atoms with Crippen LogP contribution in [0, 0.1) is 0 Å². The molecular weight excluding hydrogens is 441 g/mol. The second kappa shape index (κ2) is 10.1. The van der Waals surface area contributed by atoms with Gasteiger partial charge in [-0.1, -0.05) is 24.3 Å². The van der Waals surface area contributed by atoms with Crippen molar-refractivity contribution in [2.75, 3.05) is 14.2 Å². The number of carbonyl (C=O) groups excluding carboxylic acids is 1. The third kappa shape index (κ3) is 4.88. The summed E-state index contributed by atoms with van der Waals surface area (Å²) in [5, 5.41) is 0. The first-order chi connectivity index (χ1) is 16.5. The van der Waals surface area contributed by atoms with Crippen molar-refractivity contribution in [3.05, 3.63) is 90.3 Å². The number of hydrogen-bond donors (Lipinski definition) is 2. The summed E-state index contributed by atoms with van der Waals surface area (Å²) in [6.45, 7) is 0. The minimum Gasteiger partial charge on any atom is -0.503 e. The quantitative estimate of drug-likeness (QED) is 0.141. The van der Waals surface area contributed by atoms with Gasteiger partial charge < -0.3 is 24.1 Å². The molecule has 2 aromatic heterocycles. The van der Waals surface area contributed by atoms with E-state index >= 15 is 0 Å². The molecule has 0 saturated carbocycles. The molecule has 0 aliphatic rings. The maximum atomic E-state index is 13.2. The highest BCUT2D eigenvalue weighted by Crippen LogP contribution is 2.31. The number of halogens is 2. The number of nitrogens with one attached hydrogen (secondary N) is 2. The predicted molar refractivity (Wildman–Crippen MR) is 127 cm³/mol. The van der Waals surface area contributed by atoms with Crippen LogP contribution in [0.4, 0.5) is 8.63 Å². The highest BCUT2D eigenvalue weighted by molar-refractivity contribution is 6.36. The van der Waals surface area contributed by atoms with E-state index in [2.05, 4.69) is 14.6 Å². The third-order valence-electron chi connectivity index (χ3n) is 5.18. The van der Waals surface area contributed by atoms with Gasteiger partial charge in [0.1, 0.15) is 17.3 Å². The zero-order chi connectivity index (χ0) is 24.1. The highest BCUT2D eigenvalue weighted by atomic mass is 19.2. The number of aromatic amines is 2. The van der Waals surface area contributed by atoms with Crippen molar-refractivity contribution < 1.29 is 27.6 Å². The molecule has 0 atom stereocenters. The number of allylic oxidation sites excluding steroid dienone is 1. The van der Waals surface area contributed by atoms with E-state index in [4.69, 9.17) is 9.47 Å². The van der Waals surface area contributed by atoms with Crippen molar-refractivity contribution in [1.82, 2.24) is 9.97 Å². The Hall–Kier alpha value is -4.27. The molecule has 4 rings (SSSR count). The Morgan fingerprint density at radius 3 is 1.79 bits per heavy atom. The fourth-order valence-electron chi connectivity index (χ4n) is 3.59. The minimum absolute atomic E-state index is 0.216. The number of benzene rings is 2. The standard InChI is InChI=1S/C25H21BF2N2O4/c1-32-23-9-5-3-7-16(23)18-11-13-20(29-18)22(31)15-25(34-26(27)28)21-14-12-19(30-21)17-8-4-6-10-24(17)33-2/h3-15,29-30H,1-2H3/b25-15-. The number of methoxy groups -OCH3 is 2. The van der Waals surface area contributed by atoms with Gasteiger partial charge in [0.05, 0.1) is 25.6 Å². The summed E-state index contributed by atoms with van der Waals surface area (Å²) in [6.07, 6.45) is 1.03. The van der Waals surface area contributed by atoms with Crippen LogP contribution in [0.2, 0.25) is 0 Å². The van der Waals surface area contributed by atoms with E-state index in [9.17, 15) is 13.4 Å². The van der Waals surface area contributed by atoms with E-state index in [-0.39, 0.29) is 17.1 Å². The number of aromatic nitrogens is 2. The highest BCUT2D eigenvalue weighted by Gasteiger charge is 2.23. The molecule has 0 aliphatic carbocycles. The fourth-order valence-corrected chi connectivity index (χ4v) is 3.59. The van der Waals surface area contributed by atoms with Crippen molar-refractivity contribution >= 4 is 19.0 Å². The molecule has 0 unspecified atom stereocenters. The van der Waals surface area contributed by atoms with E-state index in [0.717, 1.165) is 17.2 Å². The SMILES string of the molecule is COc1ccccc1-c1ccc(C(=O)/C=C(\OB(F)F)c2ccc(-c3ccccc3OC)[nH]2)[nH]1. The van der Waals surface area contributed by atoms with Gasteiger partial charge in [-0.2, -0.15) is 0 Å². The van der Waals surface area contributed by atoms with Crippen molar-refractivity contribution in [1.29, 1.82) is 0 Å². The van der Waals surface area contributed by atoms with Crippen LogP contribution in [0.25, 0.3) is 28.3 Å². The molecule has 0 fully saturated rings. The van der Waals surface area contributed by atoms with Crippen LogP contribution in [0.15, 0.2) is 78.9 Å². The zero-order valence-electron chi connectivity index (χ0n) is 18.5. The lowest BCUT2D eigenvalue weighted by Crippen LogP contribution is -2.07. The molecule has 2 N–H and O–H groups in total. The monoisotopic (exact) mass is 462 g/mol. The number of ether oxygens (including phenoxy) is 2. The number of H-pyrrole nitrogens is 2. The molecule has 172 valence electrons. The molecular formula is C25H21BF2N2O4. The molecule has 0 radical (unpaired) electrons. The van der Waals surface area contributed by atoms with E-state index in [1.54, 1.807) is 50.6 Å². The van der Waals surface area contributed by atoms with E-state index in [1.165, 1.54) is 0 Å². The predicted octanol–water partition coefficient (Wildman–Crippen LogP) is 5.86. The summed E-state index contributed by atoms with van der Waals surface area (Å²) in [7, 11) is -0.00700. The fraction of sp³-hybridized carbons (Fsp3) is 0.0800. The molecule has 2 heterocycles. The number of rotatable bonds is 9. The maximum absolute atomic E-state index is 13.2. The van der Waals surface area contributed by atoms with Gasteiger partial charge in [-0.05, 0) is 48.5 Å². The van der Waals surface area contributed by atoms with Crippen molar-refractivity contribution in [2.45, 2.75) is 0 Å². The molecule has 0 spiro atoms. The van der Waals surface area contributed by atoms with Gasteiger partial charge in [-0.25, -0.2) is 8.63 Å². The Bertz CT molecular complexity index is 1330. The van der Waals surface area contributed by atoms with E-state index in [1.807, 2.05) is 36.4 Å². The Balaban J connectivity index is 1.65. The molecule has 0 saturated heterocycles. The van der Waals surface area contributed by atoms with Crippen molar-refractivity contribution in [2.24, 2.45) is 0 Å². The lowest BCUT2D eigenvalue weighted by atomic mass is 10.1. The summed E-state index contributed by atoms with van der Waals surface area (Å²) in [5.41, 5.74) is 3.23.